The number of aromatic amines is 1. The Hall–Kier alpha value is -2.60. The summed E-state index contributed by atoms with van der Waals surface area (Å²) in [6.07, 6.45) is 0.795. The smallest absolute Gasteiger partial charge is 0.251 e. The molecule has 2 amide bonds. The third-order valence-corrected chi connectivity index (χ3v) is 5.55. The topological polar surface area (TPSA) is 65.2 Å². The highest BCUT2D eigenvalue weighted by molar-refractivity contribution is 9.10. The number of amides is 2. The SMILES string of the molecule is C[C@@H](NC(=O)c1ccc(Br)cc1)C(=O)N1CCc2[nH]c3ccccc3c2C1. The number of rotatable bonds is 3. The summed E-state index contributed by atoms with van der Waals surface area (Å²) in [6.45, 7) is 2.96. The van der Waals surface area contributed by atoms with Crippen LogP contribution < -0.4 is 5.32 Å². The number of aromatic nitrogens is 1. The molecule has 0 aliphatic carbocycles. The maximum Gasteiger partial charge on any atom is 0.251 e. The van der Waals surface area contributed by atoms with Gasteiger partial charge in [0.15, 0.2) is 0 Å². The number of halogens is 1. The summed E-state index contributed by atoms with van der Waals surface area (Å²) in [5.74, 6) is -0.301. The molecule has 0 saturated carbocycles. The number of nitrogens with one attached hydrogen (secondary N) is 2. The van der Waals surface area contributed by atoms with Crippen LogP contribution in [-0.4, -0.2) is 34.3 Å². The van der Waals surface area contributed by atoms with Gasteiger partial charge in [0.2, 0.25) is 5.91 Å². The molecule has 5 nitrogen and oxygen atoms in total. The van der Waals surface area contributed by atoms with Crippen LogP contribution in [0.25, 0.3) is 10.9 Å². The first-order valence-corrected chi connectivity index (χ1v) is 9.76. The molecule has 0 saturated heterocycles. The van der Waals surface area contributed by atoms with Crippen molar-refractivity contribution in [3.63, 3.8) is 0 Å². The second kappa shape index (κ2) is 7.19. The van der Waals surface area contributed by atoms with Crippen LogP contribution >= 0.6 is 15.9 Å². The summed E-state index contributed by atoms with van der Waals surface area (Å²) in [6, 6.07) is 14.7. The summed E-state index contributed by atoms with van der Waals surface area (Å²) >= 11 is 3.35. The van der Waals surface area contributed by atoms with E-state index in [9.17, 15) is 9.59 Å². The van der Waals surface area contributed by atoms with Crippen molar-refractivity contribution in [2.24, 2.45) is 0 Å². The van der Waals surface area contributed by atoms with Crippen molar-refractivity contribution in [2.45, 2.75) is 25.9 Å². The molecular formula is C21H20BrN3O2. The summed E-state index contributed by atoms with van der Waals surface area (Å²) in [5, 5.41) is 3.98. The van der Waals surface area contributed by atoms with E-state index >= 15 is 0 Å². The van der Waals surface area contributed by atoms with Gasteiger partial charge in [0, 0.05) is 51.7 Å². The molecule has 0 spiro atoms. The van der Waals surface area contributed by atoms with Gasteiger partial charge >= 0.3 is 0 Å². The number of hydrogen-bond acceptors (Lipinski definition) is 2. The maximum absolute atomic E-state index is 12.9. The lowest BCUT2D eigenvalue weighted by molar-refractivity contribution is -0.133. The van der Waals surface area contributed by atoms with Crippen molar-refractivity contribution in [3.8, 4) is 0 Å². The quantitative estimate of drug-likeness (QED) is 0.672. The van der Waals surface area contributed by atoms with E-state index < -0.39 is 6.04 Å². The lowest BCUT2D eigenvalue weighted by Gasteiger charge is -2.30. The Bertz CT molecular complexity index is 1010. The van der Waals surface area contributed by atoms with Crippen LogP contribution in [0.1, 0.15) is 28.5 Å². The molecule has 1 aliphatic rings. The number of fused-ring (bicyclic) bond motifs is 3. The highest BCUT2D eigenvalue weighted by Crippen LogP contribution is 2.27. The van der Waals surface area contributed by atoms with E-state index in [1.807, 2.05) is 29.2 Å². The fourth-order valence-electron chi connectivity index (χ4n) is 3.57. The van der Waals surface area contributed by atoms with E-state index in [1.54, 1.807) is 19.1 Å². The third kappa shape index (κ3) is 3.49. The van der Waals surface area contributed by atoms with Gasteiger partial charge in [-0.2, -0.15) is 0 Å². The first-order chi connectivity index (χ1) is 13.0. The fraction of sp³-hybridized carbons (Fsp3) is 0.238. The van der Waals surface area contributed by atoms with E-state index in [1.165, 1.54) is 11.3 Å². The van der Waals surface area contributed by atoms with Gasteiger partial charge < -0.3 is 15.2 Å². The molecule has 0 unspecified atom stereocenters. The number of benzene rings is 2. The van der Waals surface area contributed by atoms with Crippen LogP contribution in [-0.2, 0) is 17.8 Å². The molecule has 0 fully saturated rings. The molecule has 2 heterocycles. The minimum absolute atomic E-state index is 0.0589. The Balaban J connectivity index is 1.46. The molecule has 6 heteroatoms. The van der Waals surface area contributed by atoms with Gasteiger partial charge in [-0.15, -0.1) is 0 Å². The first kappa shape index (κ1) is 17.8. The van der Waals surface area contributed by atoms with E-state index in [4.69, 9.17) is 0 Å². The predicted molar refractivity (Wildman–Crippen MR) is 108 cm³/mol. The molecule has 1 aromatic heterocycles. The largest absolute Gasteiger partial charge is 0.358 e. The van der Waals surface area contributed by atoms with Crippen LogP contribution in [0, 0.1) is 0 Å². The Morgan fingerprint density at radius 2 is 1.89 bits per heavy atom. The lowest BCUT2D eigenvalue weighted by atomic mass is 10.0. The average Bonchev–Trinajstić information content (AvgIpc) is 3.05. The average molecular weight is 426 g/mol. The highest BCUT2D eigenvalue weighted by Gasteiger charge is 2.27. The van der Waals surface area contributed by atoms with Gasteiger partial charge in [-0.1, -0.05) is 34.1 Å². The van der Waals surface area contributed by atoms with Crippen molar-refractivity contribution in [1.82, 2.24) is 15.2 Å². The number of hydrogen-bond donors (Lipinski definition) is 2. The van der Waals surface area contributed by atoms with E-state index in [0.717, 1.165) is 21.8 Å². The molecule has 3 aromatic rings. The second-order valence-corrected chi connectivity index (χ2v) is 7.76. The van der Waals surface area contributed by atoms with Gasteiger partial charge in [0.1, 0.15) is 6.04 Å². The van der Waals surface area contributed by atoms with Crippen molar-refractivity contribution >= 4 is 38.6 Å². The molecule has 0 bridgehead atoms. The zero-order valence-electron chi connectivity index (χ0n) is 15.0. The Labute approximate surface area is 165 Å². The van der Waals surface area contributed by atoms with Gasteiger partial charge in [0.25, 0.3) is 5.91 Å². The van der Waals surface area contributed by atoms with E-state index in [2.05, 4.69) is 38.4 Å². The first-order valence-electron chi connectivity index (χ1n) is 8.96. The zero-order valence-corrected chi connectivity index (χ0v) is 16.5. The standard InChI is InChI=1S/C21H20BrN3O2/c1-13(23-20(26)14-6-8-15(22)9-7-14)21(27)25-11-10-19-17(12-25)16-4-2-3-5-18(16)24-19/h2-9,13,24H,10-12H2,1H3,(H,23,26)/t13-/m1/s1. The Morgan fingerprint density at radius 3 is 2.67 bits per heavy atom. The van der Waals surface area contributed by atoms with Gasteiger partial charge in [-0.05, 0) is 37.3 Å². The van der Waals surface area contributed by atoms with E-state index in [-0.39, 0.29) is 11.8 Å². The van der Waals surface area contributed by atoms with Crippen LogP contribution in [0.2, 0.25) is 0 Å². The summed E-state index contributed by atoms with van der Waals surface area (Å²) in [7, 11) is 0. The fourth-order valence-corrected chi connectivity index (χ4v) is 3.84. The Morgan fingerprint density at radius 1 is 1.15 bits per heavy atom. The molecule has 0 radical (unpaired) electrons. The van der Waals surface area contributed by atoms with Crippen LogP contribution in [0.5, 0.6) is 0 Å². The molecule has 4 rings (SSSR count). The molecular weight excluding hydrogens is 406 g/mol. The number of H-pyrrole nitrogens is 1. The highest BCUT2D eigenvalue weighted by atomic mass is 79.9. The zero-order chi connectivity index (χ0) is 19.0. The summed E-state index contributed by atoms with van der Waals surface area (Å²) < 4.78 is 0.908. The third-order valence-electron chi connectivity index (χ3n) is 5.02. The normalized spacial score (nSPS) is 14.7. The molecule has 27 heavy (non-hydrogen) atoms. The maximum atomic E-state index is 12.9. The Kier molecular flexibility index (Phi) is 4.74. The second-order valence-electron chi connectivity index (χ2n) is 6.84. The number of para-hydroxylation sites is 1. The lowest BCUT2D eigenvalue weighted by Crippen LogP contribution is -2.48. The number of nitrogens with zero attached hydrogens (tertiary/aromatic N) is 1. The van der Waals surface area contributed by atoms with Gasteiger partial charge in [-0.25, -0.2) is 0 Å². The van der Waals surface area contributed by atoms with Crippen molar-refractivity contribution in [3.05, 3.63) is 69.8 Å². The number of carbonyl (C=O) groups excluding carboxylic acids is 2. The van der Waals surface area contributed by atoms with Crippen LogP contribution in [0.3, 0.4) is 0 Å². The molecule has 2 aromatic carbocycles. The monoisotopic (exact) mass is 425 g/mol. The van der Waals surface area contributed by atoms with E-state index in [0.29, 0.717) is 18.7 Å². The minimum Gasteiger partial charge on any atom is -0.358 e. The number of carbonyl (C=O) groups is 2. The van der Waals surface area contributed by atoms with Gasteiger partial charge in [0.05, 0.1) is 0 Å². The molecule has 138 valence electrons. The van der Waals surface area contributed by atoms with Crippen LogP contribution in [0.15, 0.2) is 53.0 Å². The molecule has 1 aliphatic heterocycles. The predicted octanol–water partition coefficient (Wildman–Crippen LogP) is 3.63. The summed E-state index contributed by atoms with van der Waals surface area (Å²) in [4.78, 5) is 30.5. The van der Waals surface area contributed by atoms with Crippen LogP contribution in [0.4, 0.5) is 0 Å². The summed E-state index contributed by atoms with van der Waals surface area (Å²) in [5.41, 5.74) is 4.02. The molecule has 2 N–H and O–H groups in total. The van der Waals surface area contributed by atoms with Gasteiger partial charge in [-0.3, -0.25) is 9.59 Å². The minimum atomic E-state index is -0.576. The van der Waals surface area contributed by atoms with Crippen molar-refractivity contribution in [2.75, 3.05) is 6.54 Å². The van der Waals surface area contributed by atoms with Crippen molar-refractivity contribution < 1.29 is 9.59 Å². The molecule has 1 atom stereocenters. The van der Waals surface area contributed by atoms with Crippen molar-refractivity contribution in [1.29, 1.82) is 0 Å².